The number of hydrogen-bond acceptors (Lipinski definition) is 10. The van der Waals surface area contributed by atoms with E-state index in [9.17, 15) is 24.3 Å². The number of nitrogens with one attached hydrogen (secondary N) is 3. The van der Waals surface area contributed by atoms with Crippen molar-refractivity contribution in [2.24, 2.45) is 17.3 Å². The maximum Gasteiger partial charge on any atom is 0.347 e. The fraction of sp³-hybridized carbons (Fsp3) is 0.571. The van der Waals surface area contributed by atoms with E-state index in [2.05, 4.69) is 33.0 Å². The predicted molar refractivity (Wildman–Crippen MR) is 212 cm³/mol. The SMILES string of the molecule is COc1ccc(C[C@H]2NC(=O)/C=C/C[C@@H]([C@H](C)[C@@H](O)[C@@H](C)c3ccc(CN4CCNCC4)cc3)OC(=O)[C@H](CC(C)C)OC(=O)C(C)(C)CNC2=O)cc1Cl. The molecule has 4 rings (SSSR count). The summed E-state index contributed by atoms with van der Waals surface area (Å²) in [4.78, 5) is 56.6. The summed E-state index contributed by atoms with van der Waals surface area (Å²) in [5, 5.41) is 21.0. The quantitative estimate of drug-likeness (QED) is 0.239. The van der Waals surface area contributed by atoms with Gasteiger partial charge in [-0.2, -0.15) is 0 Å². The molecule has 1 saturated heterocycles. The Balaban J connectivity index is 1.58. The summed E-state index contributed by atoms with van der Waals surface area (Å²) in [5.41, 5.74) is 1.57. The van der Waals surface area contributed by atoms with E-state index in [1.807, 2.05) is 32.9 Å². The Morgan fingerprint density at radius 2 is 1.65 bits per heavy atom. The van der Waals surface area contributed by atoms with Gasteiger partial charge in [-0.1, -0.05) is 75.7 Å². The molecule has 0 radical (unpaired) electrons. The van der Waals surface area contributed by atoms with Crippen LogP contribution in [-0.2, 0) is 41.6 Å². The van der Waals surface area contributed by atoms with Crippen LogP contribution in [-0.4, -0.2) is 97.9 Å². The van der Waals surface area contributed by atoms with Crippen molar-refractivity contribution in [1.82, 2.24) is 20.9 Å². The van der Waals surface area contributed by atoms with Gasteiger partial charge in [0.25, 0.3) is 0 Å². The molecule has 6 atom stereocenters. The lowest BCUT2D eigenvalue weighted by molar-refractivity contribution is -0.180. The molecule has 2 aliphatic heterocycles. The molecule has 0 aliphatic carbocycles. The van der Waals surface area contributed by atoms with Gasteiger partial charge < -0.3 is 35.3 Å². The highest BCUT2D eigenvalue weighted by Crippen LogP contribution is 2.30. The van der Waals surface area contributed by atoms with Crippen molar-refractivity contribution in [2.75, 3.05) is 39.8 Å². The number of ether oxygens (including phenoxy) is 3. The van der Waals surface area contributed by atoms with Gasteiger partial charge in [-0.15, -0.1) is 0 Å². The van der Waals surface area contributed by atoms with Gasteiger partial charge in [0.1, 0.15) is 17.9 Å². The number of piperazine rings is 1. The number of cyclic esters (lactones) is 2. The molecule has 2 amide bonds. The lowest BCUT2D eigenvalue weighted by Gasteiger charge is -2.33. The normalized spacial score (nSPS) is 24.1. The molecule has 1 fully saturated rings. The largest absolute Gasteiger partial charge is 0.495 e. The maximum absolute atomic E-state index is 13.8. The van der Waals surface area contributed by atoms with Gasteiger partial charge in [0, 0.05) is 63.9 Å². The average molecular weight is 783 g/mol. The van der Waals surface area contributed by atoms with Crippen molar-refractivity contribution in [3.05, 3.63) is 76.3 Å². The molecule has 4 N–H and O–H groups in total. The zero-order valence-electron chi connectivity index (χ0n) is 33.2. The van der Waals surface area contributed by atoms with Crippen LogP contribution < -0.4 is 20.7 Å². The Morgan fingerprint density at radius 1 is 0.982 bits per heavy atom. The van der Waals surface area contributed by atoms with E-state index in [-0.39, 0.29) is 37.6 Å². The first-order chi connectivity index (χ1) is 26.1. The van der Waals surface area contributed by atoms with Gasteiger partial charge in [0.2, 0.25) is 11.8 Å². The molecule has 55 heavy (non-hydrogen) atoms. The van der Waals surface area contributed by atoms with E-state index in [1.165, 1.54) is 18.7 Å². The van der Waals surface area contributed by atoms with Crippen LogP contribution in [0.4, 0.5) is 0 Å². The summed E-state index contributed by atoms with van der Waals surface area (Å²) < 4.78 is 17.1. The number of nitrogens with zero attached hydrogens (tertiary/aromatic N) is 1. The van der Waals surface area contributed by atoms with E-state index in [0.717, 1.165) is 38.3 Å². The monoisotopic (exact) mass is 782 g/mol. The first-order valence-corrected chi connectivity index (χ1v) is 19.6. The van der Waals surface area contributed by atoms with Crippen LogP contribution in [0.5, 0.6) is 5.75 Å². The second-order valence-corrected chi connectivity index (χ2v) is 16.3. The molecule has 2 aromatic carbocycles. The molecule has 2 aliphatic rings. The van der Waals surface area contributed by atoms with E-state index in [1.54, 1.807) is 45.0 Å². The van der Waals surface area contributed by atoms with E-state index >= 15 is 0 Å². The fourth-order valence-corrected chi connectivity index (χ4v) is 7.03. The van der Waals surface area contributed by atoms with Crippen molar-refractivity contribution in [3.8, 4) is 5.75 Å². The molecular weight excluding hydrogens is 724 g/mol. The van der Waals surface area contributed by atoms with Crippen molar-refractivity contribution in [3.63, 3.8) is 0 Å². The van der Waals surface area contributed by atoms with Crippen LogP contribution in [0.1, 0.15) is 77.0 Å². The molecule has 0 aromatic heterocycles. The average Bonchev–Trinajstić information content (AvgIpc) is 3.15. The van der Waals surface area contributed by atoms with E-state index in [4.69, 9.17) is 25.8 Å². The number of methoxy groups -OCH3 is 1. The number of amides is 2. The molecular formula is C42H59ClN4O8. The summed E-state index contributed by atoms with van der Waals surface area (Å²) in [6, 6.07) is 12.3. The minimum atomic E-state index is -1.24. The van der Waals surface area contributed by atoms with Gasteiger partial charge in [-0.05, 0) is 61.1 Å². The third kappa shape index (κ3) is 12.8. The van der Waals surface area contributed by atoms with Gasteiger partial charge in [0.15, 0.2) is 6.10 Å². The highest BCUT2D eigenvalue weighted by Gasteiger charge is 2.38. The van der Waals surface area contributed by atoms with Crippen molar-refractivity contribution in [1.29, 1.82) is 0 Å². The number of hydrogen-bond donors (Lipinski definition) is 4. The lowest BCUT2D eigenvalue weighted by Crippen LogP contribution is -2.51. The number of aliphatic hydroxyl groups is 1. The predicted octanol–water partition coefficient (Wildman–Crippen LogP) is 4.55. The summed E-state index contributed by atoms with van der Waals surface area (Å²) in [6.45, 7) is 15.4. The topological polar surface area (TPSA) is 156 Å². The lowest BCUT2D eigenvalue weighted by atomic mass is 9.84. The Hall–Kier alpha value is -3.97. The first kappa shape index (κ1) is 43.8. The van der Waals surface area contributed by atoms with Crippen LogP contribution in [0.25, 0.3) is 0 Å². The van der Waals surface area contributed by atoms with Crippen molar-refractivity contribution >= 4 is 35.4 Å². The summed E-state index contributed by atoms with van der Waals surface area (Å²) in [7, 11) is 1.50. The minimum absolute atomic E-state index is 0.0226. The Kier molecular flexibility index (Phi) is 16.1. The molecule has 302 valence electrons. The Labute approximate surface area is 330 Å². The van der Waals surface area contributed by atoms with Crippen LogP contribution in [0.15, 0.2) is 54.6 Å². The number of halogens is 1. The third-order valence-electron chi connectivity index (χ3n) is 10.4. The first-order valence-electron chi connectivity index (χ1n) is 19.3. The van der Waals surface area contributed by atoms with Crippen molar-refractivity contribution in [2.45, 2.75) is 97.6 Å². The second kappa shape index (κ2) is 20.3. The van der Waals surface area contributed by atoms with E-state index < -0.39 is 59.4 Å². The highest BCUT2D eigenvalue weighted by atomic mass is 35.5. The zero-order chi connectivity index (χ0) is 40.3. The second-order valence-electron chi connectivity index (χ2n) is 15.9. The molecule has 13 heteroatoms. The summed E-state index contributed by atoms with van der Waals surface area (Å²) >= 11 is 6.35. The molecule has 2 aromatic rings. The number of rotatable bonds is 11. The van der Waals surface area contributed by atoms with Gasteiger partial charge >= 0.3 is 11.9 Å². The fourth-order valence-electron chi connectivity index (χ4n) is 6.75. The number of aliphatic hydroxyl groups excluding tert-OH is 1. The Morgan fingerprint density at radius 3 is 2.29 bits per heavy atom. The van der Waals surface area contributed by atoms with Gasteiger partial charge in [-0.25, -0.2) is 4.79 Å². The minimum Gasteiger partial charge on any atom is -0.495 e. The molecule has 12 nitrogen and oxygen atoms in total. The molecule has 0 saturated carbocycles. The third-order valence-corrected chi connectivity index (χ3v) is 10.7. The van der Waals surface area contributed by atoms with Crippen LogP contribution in [0.2, 0.25) is 5.02 Å². The van der Waals surface area contributed by atoms with Crippen LogP contribution in [0, 0.1) is 17.3 Å². The van der Waals surface area contributed by atoms with Gasteiger partial charge in [-0.3, -0.25) is 19.3 Å². The number of carbonyl (C=O) groups excluding carboxylic acids is 4. The molecule has 0 spiro atoms. The molecule has 0 unspecified atom stereocenters. The standard InChI is InChI=1S/C42H59ClN4O8/c1-26(2)21-36-40(51)54-34(28(4)38(49)27(3)31-14-11-29(12-15-31)24-47-19-17-44-18-20-47)9-8-10-37(48)46-33(23-30-13-16-35(53-7)32(43)22-30)39(50)45-25-42(5,6)41(52)55-36/h8,10-16,22,26-28,33-34,36,38,44,49H,9,17-21,23-25H2,1-7H3,(H,45,50)(H,46,48)/b10-8+/t27-,28-,33+,34-,36-,38-/m0/s1. The number of esters is 2. The molecule has 0 bridgehead atoms. The smallest absolute Gasteiger partial charge is 0.347 e. The summed E-state index contributed by atoms with van der Waals surface area (Å²) in [6.07, 6.45) is 0.212. The van der Waals surface area contributed by atoms with Gasteiger partial charge in [0.05, 0.1) is 23.7 Å². The summed E-state index contributed by atoms with van der Waals surface area (Å²) in [5.74, 6) is -2.94. The van der Waals surface area contributed by atoms with E-state index in [0.29, 0.717) is 16.3 Å². The van der Waals surface area contributed by atoms with Crippen LogP contribution in [0.3, 0.4) is 0 Å². The Bertz CT molecular complexity index is 1640. The molecule has 2 heterocycles. The number of carbonyl (C=O) groups is 4. The highest BCUT2D eigenvalue weighted by molar-refractivity contribution is 6.32. The number of benzene rings is 2. The van der Waals surface area contributed by atoms with Crippen molar-refractivity contribution < 1.29 is 38.5 Å². The maximum atomic E-state index is 13.8. The zero-order valence-corrected chi connectivity index (χ0v) is 34.0. The van der Waals surface area contributed by atoms with Crippen LogP contribution >= 0.6 is 11.6 Å².